The van der Waals surface area contributed by atoms with Gasteiger partial charge in [0.1, 0.15) is 5.82 Å². The molecule has 2 saturated heterocycles. The Labute approximate surface area is 274 Å². The van der Waals surface area contributed by atoms with Gasteiger partial charge in [0.15, 0.2) is 0 Å². The molecular formula is C33H28F6N6O4. The first kappa shape index (κ1) is 32.6. The van der Waals surface area contributed by atoms with Gasteiger partial charge in [-0.2, -0.15) is 13.2 Å². The van der Waals surface area contributed by atoms with Crippen molar-refractivity contribution in [2.24, 2.45) is 11.7 Å². The van der Waals surface area contributed by atoms with Crippen molar-refractivity contribution in [1.29, 1.82) is 0 Å². The molecule has 49 heavy (non-hydrogen) atoms. The number of halogens is 6. The van der Waals surface area contributed by atoms with Crippen molar-refractivity contribution in [2.75, 3.05) is 25.1 Å². The van der Waals surface area contributed by atoms with Gasteiger partial charge >= 0.3 is 12.3 Å². The fourth-order valence-electron chi connectivity index (χ4n) is 7.00. The number of benzene rings is 2. The molecule has 2 N–H and O–H groups in total. The third-order valence-electron chi connectivity index (χ3n) is 9.38. The van der Waals surface area contributed by atoms with E-state index in [1.807, 2.05) is 0 Å². The minimum atomic E-state index is -4.54. The van der Waals surface area contributed by atoms with Crippen LogP contribution in [0.3, 0.4) is 0 Å². The molecule has 1 aliphatic carbocycles. The number of nitrogens with two attached hydrogens (primary N) is 1. The van der Waals surface area contributed by atoms with Gasteiger partial charge in [0.25, 0.3) is 11.8 Å². The maximum atomic E-state index is 15.6. The summed E-state index contributed by atoms with van der Waals surface area (Å²) in [5.74, 6) is -5.51. The molecule has 1 saturated carbocycles. The first-order valence-corrected chi connectivity index (χ1v) is 15.3. The third kappa shape index (κ3) is 5.77. The molecule has 0 radical (unpaired) electrons. The maximum Gasteiger partial charge on any atom is 0.417 e. The van der Waals surface area contributed by atoms with E-state index in [0.29, 0.717) is 36.6 Å². The smallest absolute Gasteiger partial charge is 0.417 e. The van der Waals surface area contributed by atoms with Crippen LogP contribution in [0, 0.1) is 11.7 Å². The Balaban J connectivity index is 1.21. The number of aromatic nitrogens is 3. The molecule has 256 valence electrons. The number of fused-ring (bicyclic) bond motifs is 3. The van der Waals surface area contributed by atoms with Gasteiger partial charge in [-0.05, 0) is 48.6 Å². The summed E-state index contributed by atoms with van der Waals surface area (Å²) >= 11 is 0. The lowest BCUT2D eigenvalue weighted by Gasteiger charge is -2.53. The highest BCUT2D eigenvalue weighted by atomic mass is 19.4. The Bertz CT molecular complexity index is 1930. The van der Waals surface area contributed by atoms with Crippen LogP contribution < -0.4 is 10.6 Å². The highest BCUT2D eigenvalue weighted by Gasteiger charge is 2.56. The molecule has 8 rings (SSSR count). The van der Waals surface area contributed by atoms with Crippen LogP contribution in [0.15, 0.2) is 59.1 Å². The minimum Gasteiger partial charge on any atom is -0.453 e. The first-order valence-electron chi connectivity index (χ1n) is 15.3. The van der Waals surface area contributed by atoms with Crippen LogP contribution in [-0.2, 0) is 33.6 Å². The Kier molecular flexibility index (Phi) is 7.68. The van der Waals surface area contributed by atoms with Gasteiger partial charge < -0.3 is 24.7 Å². The van der Waals surface area contributed by atoms with Crippen molar-refractivity contribution in [3.63, 3.8) is 0 Å². The lowest BCUT2D eigenvalue weighted by Crippen LogP contribution is -2.60. The predicted octanol–water partition coefficient (Wildman–Crippen LogP) is 6.04. The fraction of sp³-hybridized carbons (Fsp3) is 0.364. The maximum absolute atomic E-state index is 15.6. The van der Waals surface area contributed by atoms with Crippen molar-refractivity contribution in [1.82, 2.24) is 20.1 Å². The Morgan fingerprint density at radius 2 is 1.82 bits per heavy atom. The van der Waals surface area contributed by atoms with Crippen LogP contribution in [0.5, 0.6) is 0 Å². The molecule has 10 nitrogen and oxygen atoms in total. The number of amides is 2. The SMILES string of the molecule is COC(=O)N1CC2CC(c3nnc(-c4cc5c(cc4F)C(F)(F)C[C@H](N)C(=O)N5Cc4ccc(-c5ccc(C(F)(F)F)cn5)cc4)o3)(C2)C1. The van der Waals surface area contributed by atoms with E-state index in [-0.39, 0.29) is 47.7 Å². The highest BCUT2D eigenvalue weighted by molar-refractivity contribution is 5.99. The fourth-order valence-corrected chi connectivity index (χ4v) is 7.00. The zero-order valence-corrected chi connectivity index (χ0v) is 25.8. The second-order valence-corrected chi connectivity index (χ2v) is 12.7. The molecule has 2 amide bonds. The second-order valence-electron chi connectivity index (χ2n) is 12.7. The zero-order valence-electron chi connectivity index (χ0n) is 25.8. The van der Waals surface area contributed by atoms with Gasteiger partial charge in [-0.15, -0.1) is 10.2 Å². The van der Waals surface area contributed by atoms with E-state index in [1.165, 1.54) is 18.1 Å². The molecule has 5 heterocycles. The van der Waals surface area contributed by atoms with Crippen molar-refractivity contribution < 1.29 is 45.1 Å². The number of piperidine rings is 2. The lowest BCUT2D eigenvalue weighted by molar-refractivity contribution is -0.137. The normalized spacial score (nSPS) is 23.1. The molecular weight excluding hydrogens is 658 g/mol. The van der Waals surface area contributed by atoms with Crippen LogP contribution in [0.1, 0.15) is 41.8 Å². The van der Waals surface area contributed by atoms with Gasteiger partial charge in [-0.25, -0.2) is 18.0 Å². The summed E-state index contributed by atoms with van der Waals surface area (Å²) < 4.78 is 96.2. The first-order chi connectivity index (χ1) is 23.2. The monoisotopic (exact) mass is 686 g/mol. The number of ether oxygens (including phenoxy) is 1. The van der Waals surface area contributed by atoms with Crippen molar-refractivity contribution >= 4 is 17.7 Å². The molecule has 1 atom stereocenters. The molecule has 3 aliphatic heterocycles. The van der Waals surface area contributed by atoms with E-state index in [2.05, 4.69) is 15.2 Å². The average Bonchev–Trinajstić information content (AvgIpc) is 3.54. The zero-order chi connectivity index (χ0) is 34.9. The molecule has 3 fully saturated rings. The predicted molar refractivity (Wildman–Crippen MR) is 160 cm³/mol. The Hall–Kier alpha value is -4.99. The quantitative estimate of drug-likeness (QED) is 0.252. The lowest BCUT2D eigenvalue weighted by atomic mass is 9.58. The number of hydrogen-bond donors (Lipinski definition) is 1. The molecule has 4 aromatic rings. The van der Waals surface area contributed by atoms with Gasteiger partial charge in [-0.3, -0.25) is 9.78 Å². The van der Waals surface area contributed by atoms with E-state index >= 15 is 13.2 Å². The van der Waals surface area contributed by atoms with Crippen LogP contribution in [0.2, 0.25) is 0 Å². The van der Waals surface area contributed by atoms with Gasteiger partial charge in [0, 0.05) is 36.8 Å². The van der Waals surface area contributed by atoms with Gasteiger partial charge in [-0.1, -0.05) is 24.3 Å². The highest BCUT2D eigenvalue weighted by Crippen LogP contribution is 2.52. The molecule has 2 aromatic carbocycles. The summed E-state index contributed by atoms with van der Waals surface area (Å²) in [6.45, 7) is 0.526. The van der Waals surface area contributed by atoms with Crippen molar-refractivity contribution in [3.8, 4) is 22.7 Å². The summed E-state index contributed by atoms with van der Waals surface area (Å²) in [5, 5.41) is 8.15. The van der Waals surface area contributed by atoms with Crippen LogP contribution >= 0.6 is 0 Å². The van der Waals surface area contributed by atoms with Crippen LogP contribution in [0.25, 0.3) is 22.7 Å². The van der Waals surface area contributed by atoms with E-state index in [1.54, 1.807) is 24.3 Å². The van der Waals surface area contributed by atoms with E-state index in [9.17, 15) is 22.8 Å². The van der Waals surface area contributed by atoms with E-state index < -0.39 is 58.9 Å². The number of rotatable bonds is 5. The van der Waals surface area contributed by atoms with Crippen molar-refractivity contribution in [3.05, 3.63) is 83.1 Å². The number of anilines is 1. The summed E-state index contributed by atoms with van der Waals surface area (Å²) in [6, 6.07) is 8.48. The molecule has 2 bridgehead atoms. The third-order valence-corrected chi connectivity index (χ3v) is 9.38. The number of methoxy groups -OCH3 is 1. The van der Waals surface area contributed by atoms with Crippen LogP contribution in [0.4, 0.5) is 36.8 Å². The summed E-state index contributed by atoms with van der Waals surface area (Å²) in [4.78, 5) is 32.1. The molecule has 2 aromatic heterocycles. The number of alkyl halides is 5. The number of pyridine rings is 1. The number of carbonyl (C=O) groups is 2. The average molecular weight is 687 g/mol. The Morgan fingerprint density at radius 3 is 2.47 bits per heavy atom. The summed E-state index contributed by atoms with van der Waals surface area (Å²) in [7, 11) is 1.28. The number of nitrogens with zero attached hydrogens (tertiary/aromatic N) is 5. The summed E-state index contributed by atoms with van der Waals surface area (Å²) in [5.41, 5.74) is 4.21. The van der Waals surface area contributed by atoms with Crippen LogP contribution in [-0.4, -0.2) is 58.3 Å². The minimum absolute atomic E-state index is 0.171. The van der Waals surface area contributed by atoms with Crippen molar-refractivity contribution in [2.45, 2.75) is 49.4 Å². The van der Waals surface area contributed by atoms with Gasteiger partial charge in [0.2, 0.25) is 11.8 Å². The number of carbonyl (C=O) groups excluding carboxylic acids is 2. The van der Waals surface area contributed by atoms with E-state index in [0.717, 1.165) is 23.2 Å². The van der Waals surface area contributed by atoms with E-state index in [4.69, 9.17) is 14.9 Å². The molecule has 16 heteroatoms. The molecule has 0 spiro atoms. The second kappa shape index (κ2) is 11.6. The number of hydrogen-bond acceptors (Lipinski definition) is 8. The Morgan fingerprint density at radius 1 is 1.08 bits per heavy atom. The molecule has 0 unspecified atom stereocenters. The molecule has 4 aliphatic rings. The summed E-state index contributed by atoms with van der Waals surface area (Å²) in [6.07, 6.45) is -4.06. The van der Waals surface area contributed by atoms with Gasteiger partial charge in [0.05, 0.1) is 47.6 Å². The topological polar surface area (TPSA) is 128 Å². The standard InChI is InChI=1S/C33H28F6N6O4/c1-48-30(47)44-14-18-10-31(11-18,16-44)29-43-42-27(49-29)21-8-26-22(9-23(21)34)32(35,36)12-24(40)28(46)45(26)15-17-2-4-19(5-3-17)25-7-6-20(13-41-25)33(37,38)39/h2-9,13,18,24H,10-12,14-16,40H2,1H3/t18?,24-,31?/m0/s1. The largest absolute Gasteiger partial charge is 0.453 e.